The molecule has 0 aliphatic heterocycles. The maximum absolute atomic E-state index is 12.5. The molecule has 0 bridgehead atoms. The maximum atomic E-state index is 12.5. The molecular formula is C31H37NO5. The number of carbonyl (C=O) groups is 2. The van der Waals surface area contributed by atoms with Crippen LogP contribution in [0.25, 0.3) is 11.1 Å². The minimum atomic E-state index is -0.145. The van der Waals surface area contributed by atoms with E-state index in [-0.39, 0.29) is 17.8 Å². The van der Waals surface area contributed by atoms with Crippen LogP contribution in [0.3, 0.4) is 0 Å². The number of esters is 1. The molecule has 6 nitrogen and oxygen atoms in total. The Balaban J connectivity index is 1.44. The predicted octanol–water partition coefficient (Wildman–Crippen LogP) is 6.08. The average Bonchev–Trinajstić information content (AvgIpc) is 2.94. The molecule has 0 radical (unpaired) electrons. The summed E-state index contributed by atoms with van der Waals surface area (Å²) < 4.78 is 16.3. The first-order chi connectivity index (χ1) is 18.0. The van der Waals surface area contributed by atoms with Crippen molar-refractivity contribution < 1.29 is 23.8 Å². The van der Waals surface area contributed by atoms with E-state index in [9.17, 15) is 9.59 Å². The Labute approximate surface area is 220 Å². The molecule has 3 rings (SSSR count). The number of carbonyl (C=O) groups excluding carboxylic acids is 2. The van der Waals surface area contributed by atoms with Gasteiger partial charge in [-0.25, -0.2) is 0 Å². The van der Waals surface area contributed by atoms with Gasteiger partial charge in [-0.15, -0.1) is 0 Å². The lowest BCUT2D eigenvalue weighted by Crippen LogP contribution is -2.28. The molecule has 0 saturated carbocycles. The zero-order valence-corrected chi connectivity index (χ0v) is 22.0. The summed E-state index contributed by atoms with van der Waals surface area (Å²) in [7, 11) is 1.64. The molecule has 3 aromatic rings. The Morgan fingerprint density at radius 2 is 1.65 bits per heavy atom. The maximum Gasteiger partial charge on any atom is 0.309 e. The zero-order valence-electron chi connectivity index (χ0n) is 22.0. The average molecular weight is 504 g/mol. The van der Waals surface area contributed by atoms with Crippen molar-refractivity contribution in [3.05, 3.63) is 83.9 Å². The van der Waals surface area contributed by atoms with Crippen molar-refractivity contribution in [3.63, 3.8) is 0 Å². The molecule has 196 valence electrons. The standard InChI is InChI=1S/C31H37NO5/c1-4-6-8-27(31(34)36-5-2)21-23-11-17-28(18-12-23)37-20-19-32-30(33)25-15-13-24(14-16-25)26-9-7-10-29(22-26)35-3/h7,9-18,22,27H,4-6,8,19-21H2,1-3H3,(H,32,33). The summed E-state index contributed by atoms with van der Waals surface area (Å²) in [6.45, 7) is 5.10. The first kappa shape index (κ1) is 27.8. The van der Waals surface area contributed by atoms with Crippen molar-refractivity contribution in [1.29, 1.82) is 0 Å². The number of hydrogen-bond donors (Lipinski definition) is 1. The predicted molar refractivity (Wildman–Crippen MR) is 146 cm³/mol. The van der Waals surface area contributed by atoms with Crippen molar-refractivity contribution >= 4 is 11.9 Å². The minimum Gasteiger partial charge on any atom is -0.497 e. The fraction of sp³-hybridized carbons (Fsp3) is 0.355. The van der Waals surface area contributed by atoms with Crippen LogP contribution in [0.1, 0.15) is 49.0 Å². The van der Waals surface area contributed by atoms with E-state index in [1.165, 1.54) is 0 Å². The molecule has 0 aromatic heterocycles. The first-order valence-corrected chi connectivity index (χ1v) is 12.9. The largest absolute Gasteiger partial charge is 0.497 e. The van der Waals surface area contributed by atoms with Gasteiger partial charge in [-0.05, 0) is 72.9 Å². The summed E-state index contributed by atoms with van der Waals surface area (Å²) in [5, 5.41) is 2.89. The summed E-state index contributed by atoms with van der Waals surface area (Å²) in [6.07, 6.45) is 3.54. The van der Waals surface area contributed by atoms with Gasteiger partial charge in [-0.2, -0.15) is 0 Å². The Morgan fingerprint density at radius 3 is 2.32 bits per heavy atom. The van der Waals surface area contributed by atoms with Crippen molar-refractivity contribution in [2.45, 2.75) is 39.5 Å². The molecule has 3 aromatic carbocycles. The second-order valence-corrected chi connectivity index (χ2v) is 8.85. The highest BCUT2D eigenvalue weighted by Gasteiger charge is 2.19. The Morgan fingerprint density at radius 1 is 0.892 bits per heavy atom. The van der Waals surface area contributed by atoms with Crippen LogP contribution in [0.5, 0.6) is 11.5 Å². The highest BCUT2D eigenvalue weighted by Crippen LogP contribution is 2.24. The molecule has 0 heterocycles. The topological polar surface area (TPSA) is 73.9 Å². The number of methoxy groups -OCH3 is 1. The second-order valence-electron chi connectivity index (χ2n) is 8.85. The molecule has 1 N–H and O–H groups in total. The molecule has 1 atom stereocenters. The summed E-state index contributed by atoms with van der Waals surface area (Å²) in [4.78, 5) is 24.8. The fourth-order valence-corrected chi connectivity index (χ4v) is 4.07. The number of rotatable bonds is 14. The lowest BCUT2D eigenvalue weighted by atomic mass is 9.94. The van der Waals surface area contributed by atoms with Gasteiger partial charge in [-0.3, -0.25) is 9.59 Å². The van der Waals surface area contributed by atoms with Crippen LogP contribution in [0, 0.1) is 5.92 Å². The van der Waals surface area contributed by atoms with Crippen LogP contribution >= 0.6 is 0 Å². The molecule has 0 fully saturated rings. The molecule has 1 unspecified atom stereocenters. The van der Waals surface area contributed by atoms with E-state index in [4.69, 9.17) is 14.2 Å². The molecule has 37 heavy (non-hydrogen) atoms. The number of benzene rings is 3. The third-order valence-corrected chi connectivity index (χ3v) is 6.14. The third kappa shape index (κ3) is 8.67. The molecule has 6 heteroatoms. The molecule has 0 aliphatic carbocycles. The van der Waals surface area contributed by atoms with Gasteiger partial charge in [0, 0.05) is 5.56 Å². The van der Waals surface area contributed by atoms with E-state index < -0.39 is 0 Å². The second kappa shape index (κ2) is 14.7. The lowest BCUT2D eigenvalue weighted by Gasteiger charge is -2.15. The van der Waals surface area contributed by atoms with E-state index in [0.717, 1.165) is 47.5 Å². The van der Waals surface area contributed by atoms with Gasteiger partial charge in [0.25, 0.3) is 5.91 Å². The Bertz CT molecular complexity index is 1130. The molecule has 0 saturated heterocycles. The van der Waals surface area contributed by atoms with Gasteiger partial charge in [0.1, 0.15) is 18.1 Å². The molecule has 0 spiro atoms. The third-order valence-electron chi connectivity index (χ3n) is 6.14. The number of amides is 1. The monoisotopic (exact) mass is 503 g/mol. The molecule has 1 amide bonds. The summed E-state index contributed by atoms with van der Waals surface area (Å²) in [6, 6.07) is 23.1. The minimum absolute atomic E-state index is 0.119. The number of ether oxygens (including phenoxy) is 3. The fourth-order valence-electron chi connectivity index (χ4n) is 4.07. The van der Waals surface area contributed by atoms with Crippen LogP contribution in [-0.2, 0) is 16.0 Å². The van der Waals surface area contributed by atoms with Crippen LogP contribution < -0.4 is 14.8 Å². The van der Waals surface area contributed by atoms with Gasteiger partial charge in [0.05, 0.1) is 26.2 Å². The smallest absolute Gasteiger partial charge is 0.309 e. The van der Waals surface area contributed by atoms with E-state index in [1.54, 1.807) is 7.11 Å². The van der Waals surface area contributed by atoms with Crippen molar-refractivity contribution in [2.75, 3.05) is 26.9 Å². The number of unbranched alkanes of at least 4 members (excludes halogenated alkanes) is 1. The van der Waals surface area contributed by atoms with Gasteiger partial charge in [0.2, 0.25) is 0 Å². The van der Waals surface area contributed by atoms with Gasteiger partial charge < -0.3 is 19.5 Å². The van der Waals surface area contributed by atoms with Crippen LogP contribution in [0.15, 0.2) is 72.8 Å². The highest BCUT2D eigenvalue weighted by molar-refractivity contribution is 5.94. The van der Waals surface area contributed by atoms with E-state index in [1.807, 2.05) is 79.7 Å². The summed E-state index contributed by atoms with van der Waals surface area (Å²) in [5.41, 5.74) is 3.71. The zero-order chi connectivity index (χ0) is 26.5. The molecular weight excluding hydrogens is 466 g/mol. The van der Waals surface area contributed by atoms with Crippen molar-refractivity contribution in [3.8, 4) is 22.6 Å². The van der Waals surface area contributed by atoms with E-state index >= 15 is 0 Å². The normalized spacial score (nSPS) is 11.4. The van der Waals surface area contributed by atoms with E-state index in [0.29, 0.717) is 31.7 Å². The van der Waals surface area contributed by atoms with Crippen molar-refractivity contribution in [1.82, 2.24) is 5.32 Å². The van der Waals surface area contributed by atoms with Crippen LogP contribution in [-0.4, -0.2) is 38.7 Å². The van der Waals surface area contributed by atoms with Crippen molar-refractivity contribution in [2.24, 2.45) is 5.92 Å². The van der Waals surface area contributed by atoms with Gasteiger partial charge >= 0.3 is 5.97 Å². The van der Waals surface area contributed by atoms with Crippen LogP contribution in [0.2, 0.25) is 0 Å². The summed E-state index contributed by atoms with van der Waals surface area (Å²) in [5.74, 6) is 1.13. The number of hydrogen-bond acceptors (Lipinski definition) is 5. The van der Waals surface area contributed by atoms with Gasteiger partial charge in [-0.1, -0.05) is 56.2 Å². The van der Waals surface area contributed by atoms with Crippen LogP contribution in [0.4, 0.5) is 0 Å². The Kier molecular flexibility index (Phi) is 11.0. The van der Waals surface area contributed by atoms with E-state index in [2.05, 4.69) is 12.2 Å². The van der Waals surface area contributed by atoms with Gasteiger partial charge in [0.15, 0.2) is 0 Å². The summed E-state index contributed by atoms with van der Waals surface area (Å²) >= 11 is 0. The lowest BCUT2D eigenvalue weighted by molar-refractivity contribution is -0.148. The highest BCUT2D eigenvalue weighted by atomic mass is 16.5. The SMILES string of the molecule is CCCCC(Cc1ccc(OCCNC(=O)c2ccc(-c3cccc(OC)c3)cc2)cc1)C(=O)OCC. The molecule has 0 aliphatic rings. The Hall–Kier alpha value is -3.80. The quantitative estimate of drug-likeness (QED) is 0.213. The first-order valence-electron chi connectivity index (χ1n) is 12.9. The number of nitrogens with one attached hydrogen (secondary N) is 1.